The highest BCUT2D eigenvalue weighted by molar-refractivity contribution is 6.01. The van der Waals surface area contributed by atoms with Gasteiger partial charge in [-0.25, -0.2) is 4.79 Å². The molecule has 1 atom stereocenters. The Labute approximate surface area is 339 Å². The molecule has 0 unspecified atom stereocenters. The molecule has 3 rings (SSSR count). The molecule has 3 aromatic carbocycles. The number of rotatable bonds is 20. The quantitative estimate of drug-likeness (QED) is 0.0522. The maximum absolute atomic E-state index is 14.5. The van der Waals surface area contributed by atoms with Crippen LogP contribution in [0.5, 0.6) is 17.2 Å². The van der Waals surface area contributed by atoms with Crippen LogP contribution in [0.3, 0.4) is 0 Å². The van der Waals surface area contributed by atoms with Gasteiger partial charge in [0.25, 0.3) is 5.91 Å². The van der Waals surface area contributed by atoms with Crippen molar-refractivity contribution in [1.82, 2.24) is 4.90 Å². The van der Waals surface area contributed by atoms with Crippen molar-refractivity contribution in [1.29, 1.82) is 0 Å². The SMILES string of the molecule is COC(=O)[C@H](Cc1ccccc1)N(Cc1c(OC)cc(OCCCC(F)(F)C(F)(F)C(F)(F)C(F)(F)C(F)(F)C(F)(F)C(F)(F)C(F)(F)F)cc1OC)C(=O)c1ccccc1N. The highest BCUT2D eigenvalue weighted by atomic mass is 19.4. The number of carbonyl (C=O) groups is 2. The van der Waals surface area contributed by atoms with Gasteiger partial charge in [0.1, 0.15) is 23.3 Å². The molecule has 0 radical (unpaired) electrons. The van der Waals surface area contributed by atoms with Crippen LogP contribution in [0, 0.1) is 0 Å². The zero-order valence-electron chi connectivity index (χ0n) is 31.9. The summed E-state index contributed by atoms with van der Waals surface area (Å²) in [6, 6.07) is 14.6. The van der Waals surface area contributed by atoms with Crippen molar-refractivity contribution >= 4 is 17.6 Å². The minimum Gasteiger partial charge on any atom is -0.496 e. The monoisotopic (exact) mass is 924 g/mol. The molecule has 0 bridgehead atoms. The third-order valence-electron chi connectivity index (χ3n) is 9.17. The van der Waals surface area contributed by atoms with Gasteiger partial charge >= 0.3 is 53.6 Å². The normalized spacial score (nSPS) is 13.9. The van der Waals surface area contributed by atoms with E-state index in [-0.39, 0.29) is 34.7 Å². The lowest BCUT2D eigenvalue weighted by molar-refractivity contribution is -0.461. The number of nitrogen functional groups attached to an aromatic ring is 1. The van der Waals surface area contributed by atoms with E-state index in [0.717, 1.165) is 38.4 Å². The number of ether oxygens (including phenoxy) is 4. The fraction of sp³-hybridized carbons (Fsp3) is 0.459. The predicted molar refractivity (Wildman–Crippen MR) is 182 cm³/mol. The molecule has 0 aliphatic heterocycles. The minimum atomic E-state index is -8.73. The fourth-order valence-corrected chi connectivity index (χ4v) is 5.67. The number of methoxy groups -OCH3 is 3. The molecule has 2 N–H and O–H groups in total. The molecule has 0 aliphatic rings. The van der Waals surface area contributed by atoms with Crippen LogP contribution in [0.15, 0.2) is 66.7 Å². The number of amides is 1. The Morgan fingerprint density at radius 1 is 0.645 bits per heavy atom. The second kappa shape index (κ2) is 18.1. The second-order valence-corrected chi connectivity index (χ2v) is 13.2. The van der Waals surface area contributed by atoms with Crippen LogP contribution in [0.4, 0.5) is 80.3 Å². The van der Waals surface area contributed by atoms with Crippen LogP contribution in [-0.4, -0.2) is 98.4 Å². The van der Waals surface area contributed by atoms with Crippen LogP contribution in [0.2, 0.25) is 0 Å². The number of alkyl halides is 17. The zero-order chi connectivity index (χ0) is 47.5. The number of anilines is 1. The molecule has 1 amide bonds. The fourth-order valence-electron chi connectivity index (χ4n) is 5.67. The Kier molecular flexibility index (Phi) is 14.9. The third kappa shape index (κ3) is 9.20. The van der Waals surface area contributed by atoms with Gasteiger partial charge in [0, 0.05) is 30.7 Å². The van der Waals surface area contributed by atoms with Gasteiger partial charge in [-0.05, 0) is 24.1 Å². The summed E-state index contributed by atoms with van der Waals surface area (Å²) in [5.74, 6) is -59.7. The van der Waals surface area contributed by atoms with Crippen molar-refractivity contribution in [2.24, 2.45) is 0 Å². The molecule has 0 saturated carbocycles. The van der Waals surface area contributed by atoms with Crippen molar-refractivity contribution in [3.8, 4) is 17.2 Å². The van der Waals surface area contributed by atoms with Crippen LogP contribution < -0.4 is 19.9 Å². The van der Waals surface area contributed by atoms with Crippen molar-refractivity contribution in [3.63, 3.8) is 0 Å². The van der Waals surface area contributed by atoms with Crippen molar-refractivity contribution in [3.05, 3.63) is 83.4 Å². The lowest BCUT2D eigenvalue weighted by Crippen LogP contribution is -2.74. The maximum Gasteiger partial charge on any atom is 0.460 e. The van der Waals surface area contributed by atoms with E-state index in [2.05, 4.69) is 0 Å². The first-order chi connectivity index (χ1) is 28.3. The topological polar surface area (TPSA) is 100 Å². The molecule has 8 nitrogen and oxygen atoms in total. The number of nitrogens with zero attached hydrogens (tertiary/aromatic N) is 1. The number of carbonyl (C=O) groups excluding carboxylic acids is 2. The van der Waals surface area contributed by atoms with E-state index >= 15 is 0 Å². The van der Waals surface area contributed by atoms with Crippen molar-refractivity contribution in [2.75, 3.05) is 33.7 Å². The van der Waals surface area contributed by atoms with E-state index in [1.807, 2.05) is 0 Å². The first-order valence-corrected chi connectivity index (χ1v) is 17.2. The van der Waals surface area contributed by atoms with Gasteiger partial charge in [0.05, 0.1) is 45.6 Å². The Balaban J connectivity index is 1.93. The number of nitrogens with two attached hydrogens (primary N) is 1. The number of hydrogen-bond acceptors (Lipinski definition) is 7. The Bertz CT molecular complexity index is 2010. The number of halogens is 17. The smallest absolute Gasteiger partial charge is 0.460 e. The lowest BCUT2D eigenvalue weighted by atomic mass is 9.88. The molecule has 346 valence electrons. The van der Waals surface area contributed by atoms with Crippen LogP contribution in [0.25, 0.3) is 0 Å². The van der Waals surface area contributed by atoms with Crippen molar-refractivity contribution < 1.29 is 103 Å². The van der Waals surface area contributed by atoms with Gasteiger partial charge in [0.15, 0.2) is 0 Å². The predicted octanol–water partition coefficient (Wildman–Crippen LogP) is 9.88. The molecule has 62 heavy (non-hydrogen) atoms. The summed E-state index contributed by atoms with van der Waals surface area (Å²) in [4.78, 5) is 28.4. The molecule has 0 spiro atoms. The summed E-state index contributed by atoms with van der Waals surface area (Å²) in [7, 11) is 3.18. The summed E-state index contributed by atoms with van der Waals surface area (Å²) in [5.41, 5.74) is 6.53. The van der Waals surface area contributed by atoms with Gasteiger partial charge in [0.2, 0.25) is 0 Å². The van der Waals surface area contributed by atoms with Gasteiger partial charge in [-0.3, -0.25) is 4.79 Å². The average Bonchev–Trinajstić information content (AvgIpc) is 3.19. The zero-order valence-corrected chi connectivity index (χ0v) is 31.9. The molecular formula is C37H33F17N2O6. The molecule has 0 aromatic heterocycles. The standard InChI is InChI=1S/C37H33F17N2O6/c1-59-26-17-21(62-15-9-14-30(38,39)31(40,41)32(42,43)33(44,45)34(46,47)35(48,49)36(50,51)37(52,53)54)18-27(60-2)23(26)19-56(28(57)22-12-7-8-13-24(22)55)25(29(58)61-3)16-20-10-5-4-6-11-20/h4-8,10-13,17-18,25H,9,14-16,19,55H2,1-3H3/t25-/m0/s1. The first-order valence-electron chi connectivity index (χ1n) is 17.2. The van der Waals surface area contributed by atoms with E-state index in [0.29, 0.717) is 5.56 Å². The van der Waals surface area contributed by atoms with Gasteiger partial charge in [-0.1, -0.05) is 42.5 Å². The summed E-state index contributed by atoms with van der Waals surface area (Å²) in [6.45, 7) is -1.78. The number of para-hydroxylation sites is 1. The molecule has 3 aromatic rings. The molecule has 0 saturated heterocycles. The largest absolute Gasteiger partial charge is 0.496 e. The molecule has 25 heteroatoms. The van der Waals surface area contributed by atoms with Crippen LogP contribution in [-0.2, 0) is 22.5 Å². The minimum absolute atomic E-state index is 0.000602. The average molecular weight is 925 g/mol. The van der Waals surface area contributed by atoms with E-state index in [1.165, 1.54) is 24.3 Å². The molecule has 0 aliphatic carbocycles. The molecule has 0 fully saturated rings. The van der Waals surface area contributed by atoms with Crippen LogP contribution >= 0.6 is 0 Å². The third-order valence-corrected chi connectivity index (χ3v) is 9.17. The highest BCUT2D eigenvalue weighted by Gasteiger charge is 2.95. The number of benzene rings is 3. The maximum atomic E-state index is 14.5. The summed E-state index contributed by atoms with van der Waals surface area (Å²) in [5, 5.41) is 0. The Morgan fingerprint density at radius 2 is 1.11 bits per heavy atom. The number of esters is 1. The first kappa shape index (κ1) is 51.0. The number of hydrogen-bond donors (Lipinski definition) is 1. The van der Waals surface area contributed by atoms with E-state index in [9.17, 15) is 84.2 Å². The second-order valence-electron chi connectivity index (χ2n) is 13.2. The van der Waals surface area contributed by atoms with E-state index in [4.69, 9.17) is 24.7 Å². The Hall–Kier alpha value is -5.39. The summed E-state index contributed by atoms with van der Waals surface area (Å²) >= 11 is 0. The van der Waals surface area contributed by atoms with Gasteiger partial charge < -0.3 is 29.6 Å². The van der Waals surface area contributed by atoms with Crippen LogP contribution in [0.1, 0.15) is 34.3 Å². The van der Waals surface area contributed by atoms with Gasteiger partial charge in [-0.15, -0.1) is 0 Å². The Morgan fingerprint density at radius 3 is 1.58 bits per heavy atom. The van der Waals surface area contributed by atoms with E-state index < -0.39 is 97.3 Å². The lowest BCUT2D eigenvalue weighted by Gasteiger charge is -2.42. The molecule has 0 heterocycles. The molecular weight excluding hydrogens is 891 g/mol. The summed E-state index contributed by atoms with van der Waals surface area (Å²) < 4.78 is 253. The highest BCUT2D eigenvalue weighted by Crippen LogP contribution is 2.64. The summed E-state index contributed by atoms with van der Waals surface area (Å²) in [6.07, 6.45) is -12.2. The van der Waals surface area contributed by atoms with E-state index in [1.54, 1.807) is 30.3 Å². The van der Waals surface area contributed by atoms with Gasteiger partial charge in [-0.2, -0.15) is 74.6 Å². The van der Waals surface area contributed by atoms with Crippen molar-refractivity contribution in [2.45, 2.75) is 79.5 Å².